The van der Waals surface area contributed by atoms with E-state index in [1.165, 1.54) is 25.6 Å². The highest BCUT2D eigenvalue weighted by Gasteiger charge is 2.35. The molecule has 0 spiro atoms. The summed E-state index contributed by atoms with van der Waals surface area (Å²) in [4.78, 5) is 48.9. The molecule has 0 aromatic heterocycles. The largest absolute Gasteiger partial charge is 0.480 e. The SMILES string of the molecule is CCC(C)C(NC(=O)C(NC(=O)C(NC(=O)C(N)CCSC)C(C)O)C(C)O)C(=O)O. The zero-order valence-corrected chi connectivity index (χ0v) is 19.4. The summed E-state index contributed by atoms with van der Waals surface area (Å²) in [6.07, 6.45) is 0.0153. The Morgan fingerprint density at radius 1 is 0.871 bits per heavy atom. The predicted molar refractivity (Wildman–Crippen MR) is 117 cm³/mol. The highest BCUT2D eigenvalue weighted by molar-refractivity contribution is 7.98. The van der Waals surface area contributed by atoms with Crippen LogP contribution in [0.4, 0.5) is 0 Å². The molecular formula is C19H36N4O7S. The van der Waals surface area contributed by atoms with Crippen LogP contribution in [0.3, 0.4) is 0 Å². The number of nitrogens with one attached hydrogen (secondary N) is 3. The zero-order valence-electron chi connectivity index (χ0n) is 18.6. The molecule has 0 saturated heterocycles. The lowest BCUT2D eigenvalue weighted by Crippen LogP contribution is -2.62. The van der Waals surface area contributed by atoms with E-state index in [1.807, 2.05) is 6.26 Å². The highest BCUT2D eigenvalue weighted by atomic mass is 32.2. The van der Waals surface area contributed by atoms with E-state index in [0.29, 0.717) is 18.6 Å². The number of carbonyl (C=O) groups is 4. The maximum Gasteiger partial charge on any atom is 0.326 e. The van der Waals surface area contributed by atoms with Crippen molar-refractivity contribution in [2.75, 3.05) is 12.0 Å². The number of hydrogen-bond acceptors (Lipinski definition) is 8. The van der Waals surface area contributed by atoms with Crippen molar-refractivity contribution in [1.29, 1.82) is 0 Å². The number of nitrogens with two attached hydrogens (primary N) is 1. The molecule has 0 aliphatic heterocycles. The number of aliphatic hydroxyl groups excluding tert-OH is 2. The first kappa shape index (κ1) is 29.1. The molecule has 0 rings (SSSR count). The fourth-order valence-electron chi connectivity index (χ4n) is 2.62. The van der Waals surface area contributed by atoms with E-state index in [9.17, 15) is 34.5 Å². The summed E-state index contributed by atoms with van der Waals surface area (Å²) >= 11 is 1.50. The van der Waals surface area contributed by atoms with Crippen molar-refractivity contribution in [3.05, 3.63) is 0 Å². The summed E-state index contributed by atoms with van der Waals surface area (Å²) in [5, 5.41) is 36.2. The van der Waals surface area contributed by atoms with Crippen LogP contribution in [-0.4, -0.2) is 87.4 Å². The van der Waals surface area contributed by atoms with Crippen molar-refractivity contribution >= 4 is 35.5 Å². The van der Waals surface area contributed by atoms with Crippen LogP contribution in [0, 0.1) is 5.92 Å². The van der Waals surface area contributed by atoms with Gasteiger partial charge in [0.15, 0.2) is 0 Å². The number of thioether (sulfide) groups is 1. The summed E-state index contributed by atoms with van der Waals surface area (Å²) < 4.78 is 0. The zero-order chi connectivity index (χ0) is 24.3. The maximum absolute atomic E-state index is 12.6. The molecular weight excluding hydrogens is 428 g/mol. The van der Waals surface area contributed by atoms with Crippen molar-refractivity contribution in [3.8, 4) is 0 Å². The number of carboxylic acids is 1. The topological polar surface area (TPSA) is 191 Å². The first-order chi connectivity index (χ1) is 14.4. The molecule has 0 bridgehead atoms. The Labute approximate surface area is 186 Å². The van der Waals surface area contributed by atoms with Crippen LogP contribution < -0.4 is 21.7 Å². The highest BCUT2D eigenvalue weighted by Crippen LogP contribution is 2.09. The lowest BCUT2D eigenvalue weighted by atomic mass is 9.98. The van der Waals surface area contributed by atoms with E-state index in [1.54, 1.807) is 13.8 Å². The monoisotopic (exact) mass is 464 g/mol. The molecule has 7 atom stereocenters. The summed E-state index contributed by atoms with van der Waals surface area (Å²) in [7, 11) is 0. The Kier molecular flexibility index (Phi) is 13.4. The minimum absolute atomic E-state index is 0.367. The van der Waals surface area contributed by atoms with Crippen LogP contribution in [0.25, 0.3) is 0 Å². The summed E-state index contributed by atoms with van der Waals surface area (Å²) in [6, 6.07) is -5.02. The Morgan fingerprint density at radius 2 is 1.29 bits per heavy atom. The van der Waals surface area contributed by atoms with E-state index < -0.39 is 60.1 Å². The molecule has 8 N–H and O–H groups in total. The van der Waals surface area contributed by atoms with Gasteiger partial charge in [0.05, 0.1) is 18.2 Å². The van der Waals surface area contributed by atoms with Crippen LogP contribution in [0.15, 0.2) is 0 Å². The predicted octanol–water partition coefficient (Wildman–Crippen LogP) is -1.59. The molecule has 180 valence electrons. The molecule has 0 fully saturated rings. The van der Waals surface area contributed by atoms with Gasteiger partial charge in [0.1, 0.15) is 18.1 Å². The van der Waals surface area contributed by atoms with E-state index in [0.717, 1.165) is 0 Å². The Morgan fingerprint density at radius 3 is 1.65 bits per heavy atom. The van der Waals surface area contributed by atoms with Crippen LogP contribution in [0.1, 0.15) is 40.5 Å². The Bertz CT molecular complexity index is 618. The van der Waals surface area contributed by atoms with Crippen molar-refractivity contribution in [3.63, 3.8) is 0 Å². The third-order valence-corrected chi connectivity index (χ3v) is 5.52. The summed E-state index contributed by atoms with van der Waals surface area (Å²) in [6.45, 7) is 5.94. The average Bonchev–Trinajstić information content (AvgIpc) is 2.70. The number of carbonyl (C=O) groups excluding carboxylic acids is 3. The molecule has 0 aromatic rings. The molecule has 3 amide bonds. The van der Waals surface area contributed by atoms with Gasteiger partial charge in [-0.05, 0) is 38.2 Å². The van der Waals surface area contributed by atoms with E-state index >= 15 is 0 Å². The lowest BCUT2D eigenvalue weighted by molar-refractivity contribution is -0.144. The van der Waals surface area contributed by atoms with Gasteiger partial charge in [-0.2, -0.15) is 11.8 Å². The molecule has 7 unspecified atom stereocenters. The van der Waals surface area contributed by atoms with Crippen molar-refractivity contribution in [2.45, 2.75) is 76.9 Å². The van der Waals surface area contributed by atoms with Gasteiger partial charge in [0.2, 0.25) is 17.7 Å². The molecule has 0 heterocycles. The Balaban J connectivity index is 5.34. The molecule has 0 aliphatic carbocycles. The van der Waals surface area contributed by atoms with E-state index in [4.69, 9.17) is 5.73 Å². The molecule has 0 aromatic carbocycles. The van der Waals surface area contributed by atoms with Gasteiger partial charge in [-0.25, -0.2) is 4.79 Å². The van der Waals surface area contributed by atoms with Crippen molar-refractivity contribution < 1.29 is 34.5 Å². The second-order valence-electron chi connectivity index (χ2n) is 7.55. The fraction of sp³-hybridized carbons (Fsp3) is 0.789. The maximum atomic E-state index is 12.6. The second kappa shape index (κ2) is 14.2. The molecule has 0 saturated carbocycles. The summed E-state index contributed by atoms with van der Waals surface area (Å²) in [5.74, 6) is -3.47. The third-order valence-electron chi connectivity index (χ3n) is 4.87. The third kappa shape index (κ3) is 9.85. The molecule has 0 radical (unpaired) electrons. The first-order valence-electron chi connectivity index (χ1n) is 10.1. The molecule has 12 heteroatoms. The van der Waals surface area contributed by atoms with Crippen molar-refractivity contribution in [2.24, 2.45) is 11.7 Å². The van der Waals surface area contributed by atoms with E-state index in [-0.39, 0.29) is 5.92 Å². The first-order valence-corrected chi connectivity index (χ1v) is 11.5. The van der Waals surface area contributed by atoms with Gasteiger partial charge >= 0.3 is 5.97 Å². The van der Waals surface area contributed by atoms with Crippen LogP contribution in [-0.2, 0) is 19.2 Å². The van der Waals surface area contributed by atoms with Crippen LogP contribution in [0.5, 0.6) is 0 Å². The Hall–Kier alpha value is -1.89. The van der Waals surface area contributed by atoms with Crippen LogP contribution >= 0.6 is 11.8 Å². The van der Waals surface area contributed by atoms with Crippen LogP contribution in [0.2, 0.25) is 0 Å². The number of carboxylic acid groups (broad SMARTS) is 1. The normalized spacial score (nSPS) is 17.9. The number of aliphatic hydroxyl groups is 2. The van der Waals surface area contributed by atoms with Crippen molar-refractivity contribution in [1.82, 2.24) is 16.0 Å². The standard InChI is InChI=1S/C19H36N4O7S/c1-6-9(2)13(19(29)30)21-17(27)15(11(4)25)23-18(28)14(10(3)24)22-16(26)12(20)7-8-31-5/h9-15,24-25H,6-8,20H2,1-5H3,(H,21,27)(H,22,26)(H,23,28)(H,29,30). The number of rotatable bonds is 14. The number of hydrogen-bond donors (Lipinski definition) is 7. The second-order valence-corrected chi connectivity index (χ2v) is 8.54. The molecule has 31 heavy (non-hydrogen) atoms. The van der Waals surface area contributed by atoms with Gasteiger partial charge in [0, 0.05) is 0 Å². The minimum atomic E-state index is -1.50. The molecule has 0 aliphatic rings. The van der Waals surface area contributed by atoms with Gasteiger partial charge in [-0.3, -0.25) is 14.4 Å². The minimum Gasteiger partial charge on any atom is -0.480 e. The number of amides is 3. The molecule has 11 nitrogen and oxygen atoms in total. The van der Waals surface area contributed by atoms with E-state index in [2.05, 4.69) is 16.0 Å². The fourth-order valence-corrected chi connectivity index (χ4v) is 3.11. The number of aliphatic carboxylic acids is 1. The van der Waals surface area contributed by atoms with Gasteiger partial charge in [-0.1, -0.05) is 20.3 Å². The average molecular weight is 465 g/mol. The van der Waals surface area contributed by atoms with Gasteiger partial charge in [0.25, 0.3) is 0 Å². The van der Waals surface area contributed by atoms with Gasteiger partial charge in [-0.15, -0.1) is 0 Å². The van der Waals surface area contributed by atoms with Gasteiger partial charge < -0.3 is 37.0 Å². The lowest BCUT2D eigenvalue weighted by Gasteiger charge is -2.28. The smallest absolute Gasteiger partial charge is 0.326 e. The quantitative estimate of drug-likeness (QED) is 0.159. The summed E-state index contributed by atoms with van der Waals surface area (Å²) in [5.41, 5.74) is 5.78.